The molecule has 1 fully saturated rings. The lowest BCUT2D eigenvalue weighted by Crippen LogP contribution is -2.55. The van der Waals surface area contributed by atoms with Crippen molar-refractivity contribution in [2.45, 2.75) is 31.3 Å². The molecule has 1 N–H and O–H groups in total. The van der Waals surface area contributed by atoms with Crippen LogP contribution in [-0.4, -0.2) is 71.5 Å². The van der Waals surface area contributed by atoms with Crippen molar-refractivity contribution in [1.82, 2.24) is 19.7 Å². The van der Waals surface area contributed by atoms with Gasteiger partial charge in [-0.1, -0.05) is 37.3 Å². The van der Waals surface area contributed by atoms with Crippen LogP contribution in [0.5, 0.6) is 5.75 Å². The molecule has 0 radical (unpaired) electrons. The summed E-state index contributed by atoms with van der Waals surface area (Å²) in [5.74, 6) is 0.677. The maximum Gasteiger partial charge on any atom is 0.328 e. The first kappa shape index (κ1) is 21.5. The maximum absolute atomic E-state index is 13.9. The summed E-state index contributed by atoms with van der Waals surface area (Å²) >= 11 is 0. The number of likely N-dealkylation sites (N-methyl/N-ethyl adjacent to an activating group) is 1. The molecule has 5 rings (SSSR count). The van der Waals surface area contributed by atoms with E-state index in [1.54, 1.807) is 7.11 Å². The molecule has 2 aliphatic heterocycles. The minimum absolute atomic E-state index is 0.0966. The van der Waals surface area contributed by atoms with Gasteiger partial charge in [-0.25, -0.2) is 4.79 Å². The molecule has 7 nitrogen and oxygen atoms in total. The van der Waals surface area contributed by atoms with Crippen LogP contribution in [0.1, 0.15) is 36.2 Å². The Morgan fingerprint density at radius 2 is 1.91 bits per heavy atom. The summed E-state index contributed by atoms with van der Waals surface area (Å²) < 4.78 is 5.48. The van der Waals surface area contributed by atoms with E-state index in [0.29, 0.717) is 25.9 Å². The number of rotatable bonds is 6. The molecule has 0 bridgehead atoms. The zero-order valence-electron chi connectivity index (χ0n) is 19.6. The minimum Gasteiger partial charge on any atom is -0.497 e. The molecule has 1 aromatic heterocycles. The fourth-order valence-corrected chi connectivity index (χ4v) is 5.39. The minimum atomic E-state index is -0.908. The van der Waals surface area contributed by atoms with Gasteiger partial charge in [-0.05, 0) is 49.8 Å². The number of nitrogens with one attached hydrogen (secondary N) is 1. The first-order chi connectivity index (χ1) is 15.9. The monoisotopic (exact) mass is 446 g/mol. The molecule has 3 aromatic rings. The number of carbonyl (C=O) groups excluding carboxylic acids is 2. The summed E-state index contributed by atoms with van der Waals surface area (Å²) in [6.07, 6.45) is 1.04. The van der Waals surface area contributed by atoms with E-state index in [4.69, 9.17) is 4.74 Å². The first-order valence-corrected chi connectivity index (χ1v) is 11.4. The Morgan fingerprint density at radius 3 is 2.58 bits per heavy atom. The van der Waals surface area contributed by atoms with E-state index in [1.807, 2.05) is 79.3 Å². The summed E-state index contributed by atoms with van der Waals surface area (Å²) in [7, 11) is 5.56. The van der Waals surface area contributed by atoms with Gasteiger partial charge in [0.25, 0.3) is 5.91 Å². The number of ether oxygens (including phenoxy) is 1. The van der Waals surface area contributed by atoms with Crippen LogP contribution in [0.4, 0.5) is 4.79 Å². The molecule has 1 saturated heterocycles. The number of methoxy groups -OCH3 is 1. The van der Waals surface area contributed by atoms with Gasteiger partial charge in [-0.15, -0.1) is 0 Å². The van der Waals surface area contributed by atoms with Gasteiger partial charge in [-0.3, -0.25) is 14.6 Å². The quantitative estimate of drug-likeness (QED) is 0.585. The standard InChI is InChI=1S/C26H30N4O3/c1-5-26-16-20-19-15-18(33-4)11-12-21(19)27-22(20)23(17-9-7-6-8-10-17)30(26)25(32)29(24(26)31)14-13-28(2)3/h6-12,15,23,27H,5,13-14,16H2,1-4H3/t23-,26+/m1/s1. The van der Waals surface area contributed by atoms with Gasteiger partial charge in [0.15, 0.2) is 0 Å². The van der Waals surface area contributed by atoms with E-state index in [9.17, 15) is 9.59 Å². The maximum atomic E-state index is 13.9. The molecule has 2 aliphatic rings. The predicted octanol–water partition coefficient (Wildman–Crippen LogP) is 3.80. The highest BCUT2D eigenvalue weighted by molar-refractivity contribution is 6.08. The van der Waals surface area contributed by atoms with E-state index >= 15 is 0 Å². The zero-order valence-corrected chi connectivity index (χ0v) is 19.6. The zero-order chi connectivity index (χ0) is 23.3. The summed E-state index contributed by atoms with van der Waals surface area (Å²) in [6.45, 7) is 3.02. The molecule has 0 spiro atoms. The van der Waals surface area contributed by atoms with E-state index in [1.165, 1.54) is 4.90 Å². The van der Waals surface area contributed by atoms with Crippen molar-refractivity contribution in [2.75, 3.05) is 34.3 Å². The molecule has 7 heteroatoms. The lowest BCUT2D eigenvalue weighted by molar-refractivity contribution is -0.134. The van der Waals surface area contributed by atoms with Crippen LogP contribution in [0, 0.1) is 0 Å². The van der Waals surface area contributed by atoms with Gasteiger partial charge in [0.2, 0.25) is 0 Å². The number of H-pyrrole nitrogens is 1. The number of benzene rings is 2. The van der Waals surface area contributed by atoms with Crippen molar-refractivity contribution < 1.29 is 14.3 Å². The number of carbonyl (C=O) groups is 2. The number of aromatic nitrogens is 1. The number of urea groups is 1. The van der Waals surface area contributed by atoms with Crippen molar-refractivity contribution in [3.05, 3.63) is 65.4 Å². The molecular weight excluding hydrogens is 416 g/mol. The molecule has 3 heterocycles. The molecule has 2 atom stereocenters. The highest BCUT2D eigenvalue weighted by Gasteiger charge is 2.61. The third-order valence-corrected chi connectivity index (χ3v) is 7.16. The fourth-order valence-electron chi connectivity index (χ4n) is 5.39. The van der Waals surface area contributed by atoms with Gasteiger partial charge in [0.05, 0.1) is 7.11 Å². The summed E-state index contributed by atoms with van der Waals surface area (Å²) in [4.78, 5) is 36.6. The highest BCUT2D eigenvalue weighted by atomic mass is 16.5. The Bertz CT molecular complexity index is 1220. The highest BCUT2D eigenvalue weighted by Crippen LogP contribution is 2.50. The van der Waals surface area contributed by atoms with E-state index < -0.39 is 5.54 Å². The second kappa shape index (κ2) is 7.92. The van der Waals surface area contributed by atoms with Gasteiger partial charge < -0.3 is 14.6 Å². The van der Waals surface area contributed by atoms with Crippen LogP contribution in [0.3, 0.4) is 0 Å². The number of aromatic amines is 1. The third kappa shape index (κ3) is 3.14. The second-order valence-corrected chi connectivity index (χ2v) is 9.22. The number of hydrogen-bond donors (Lipinski definition) is 1. The second-order valence-electron chi connectivity index (χ2n) is 9.22. The van der Waals surface area contributed by atoms with Crippen molar-refractivity contribution >= 4 is 22.8 Å². The average molecular weight is 447 g/mol. The van der Waals surface area contributed by atoms with Gasteiger partial charge >= 0.3 is 6.03 Å². The SMILES string of the molecule is CC[C@@]12Cc3c([nH]c4ccc(OC)cc34)[C@@H](c3ccccc3)N1C(=O)N(CCN(C)C)C2=O. The van der Waals surface area contributed by atoms with Crippen molar-refractivity contribution in [3.63, 3.8) is 0 Å². The van der Waals surface area contributed by atoms with Crippen LogP contribution in [0.25, 0.3) is 10.9 Å². The molecule has 33 heavy (non-hydrogen) atoms. The molecule has 3 amide bonds. The lowest BCUT2D eigenvalue weighted by atomic mass is 9.78. The van der Waals surface area contributed by atoms with Gasteiger partial charge in [0, 0.05) is 36.1 Å². The molecular formula is C26H30N4O3. The smallest absolute Gasteiger partial charge is 0.328 e. The van der Waals surface area contributed by atoms with E-state index in [-0.39, 0.29) is 18.0 Å². The van der Waals surface area contributed by atoms with Crippen molar-refractivity contribution in [3.8, 4) is 5.75 Å². The Labute approximate surface area is 193 Å². The van der Waals surface area contributed by atoms with Gasteiger partial charge in [0.1, 0.15) is 17.3 Å². The molecule has 0 aliphatic carbocycles. The van der Waals surface area contributed by atoms with Crippen LogP contribution in [0.15, 0.2) is 48.5 Å². The molecule has 2 aromatic carbocycles. The van der Waals surface area contributed by atoms with Crippen LogP contribution < -0.4 is 4.74 Å². The topological polar surface area (TPSA) is 68.9 Å². The van der Waals surface area contributed by atoms with Crippen LogP contribution in [-0.2, 0) is 11.2 Å². The van der Waals surface area contributed by atoms with Crippen LogP contribution in [0.2, 0.25) is 0 Å². The Balaban J connectivity index is 1.73. The first-order valence-electron chi connectivity index (χ1n) is 11.4. The van der Waals surface area contributed by atoms with Crippen LogP contribution >= 0.6 is 0 Å². The molecule has 0 saturated carbocycles. The molecule has 0 unspecified atom stereocenters. The Hall–Kier alpha value is -3.32. The fraction of sp³-hybridized carbons (Fsp3) is 0.385. The third-order valence-electron chi connectivity index (χ3n) is 7.16. The largest absolute Gasteiger partial charge is 0.497 e. The summed E-state index contributed by atoms with van der Waals surface area (Å²) in [5.41, 5.74) is 3.13. The lowest BCUT2D eigenvalue weighted by Gasteiger charge is -2.44. The number of fused-ring (bicyclic) bond motifs is 4. The normalized spacial score (nSPS) is 22.3. The van der Waals surface area contributed by atoms with Crippen molar-refractivity contribution in [2.24, 2.45) is 0 Å². The number of amides is 3. The van der Waals surface area contributed by atoms with E-state index in [2.05, 4.69) is 4.98 Å². The van der Waals surface area contributed by atoms with Gasteiger partial charge in [-0.2, -0.15) is 0 Å². The Kier molecular flexibility index (Phi) is 5.16. The number of imide groups is 1. The Morgan fingerprint density at radius 1 is 1.15 bits per heavy atom. The number of nitrogens with zero attached hydrogens (tertiary/aromatic N) is 3. The number of hydrogen-bond acceptors (Lipinski definition) is 4. The summed E-state index contributed by atoms with van der Waals surface area (Å²) in [6, 6.07) is 15.4. The van der Waals surface area contributed by atoms with E-state index in [0.717, 1.165) is 33.5 Å². The summed E-state index contributed by atoms with van der Waals surface area (Å²) in [5, 5.41) is 1.05. The molecule has 172 valence electrons. The average Bonchev–Trinajstić information content (AvgIpc) is 3.29. The predicted molar refractivity (Wildman–Crippen MR) is 127 cm³/mol. The van der Waals surface area contributed by atoms with Crippen molar-refractivity contribution in [1.29, 1.82) is 0 Å².